The third-order valence-electron chi connectivity index (χ3n) is 3.57. The summed E-state index contributed by atoms with van der Waals surface area (Å²) in [6.45, 7) is 0. The van der Waals surface area contributed by atoms with E-state index in [2.05, 4.69) is 16.4 Å². The van der Waals surface area contributed by atoms with E-state index in [1.165, 1.54) is 4.70 Å². The smallest absolute Gasteiger partial charge is 0.224 e. The lowest BCUT2D eigenvalue weighted by atomic mass is 10.2. The number of nitrogens with one attached hydrogen (secondary N) is 1. The molecule has 1 N–H and O–H groups in total. The molecule has 6 heteroatoms. The van der Waals surface area contributed by atoms with Crippen molar-refractivity contribution >= 4 is 44.7 Å². The number of aryl methyl sites for hydroxylation is 1. The van der Waals surface area contributed by atoms with E-state index in [1.54, 1.807) is 36.6 Å². The van der Waals surface area contributed by atoms with Crippen molar-refractivity contribution in [2.24, 2.45) is 0 Å². The van der Waals surface area contributed by atoms with Gasteiger partial charge in [-0.15, -0.1) is 11.3 Å². The molecule has 0 aliphatic carbocycles. The second kappa shape index (κ2) is 7.64. The summed E-state index contributed by atoms with van der Waals surface area (Å²) < 4.78 is 6.41. The number of benzene rings is 2. The average Bonchev–Trinajstić information content (AvgIpc) is 2.97. The highest BCUT2D eigenvalue weighted by Gasteiger charge is 2.09. The molecule has 0 saturated carbocycles. The number of methoxy groups -OCH3 is 1. The predicted octanol–water partition coefficient (Wildman–Crippen LogP) is 4.92. The number of fused-ring (bicyclic) bond motifs is 1. The molecule has 24 heavy (non-hydrogen) atoms. The number of aromatic nitrogens is 1. The first-order chi connectivity index (χ1) is 11.7. The van der Waals surface area contributed by atoms with E-state index in [1.807, 2.05) is 18.2 Å². The van der Waals surface area contributed by atoms with Gasteiger partial charge in [0.25, 0.3) is 0 Å². The Morgan fingerprint density at radius 2 is 2.12 bits per heavy atom. The van der Waals surface area contributed by atoms with E-state index >= 15 is 0 Å². The van der Waals surface area contributed by atoms with Crippen molar-refractivity contribution in [2.75, 3.05) is 12.4 Å². The van der Waals surface area contributed by atoms with Gasteiger partial charge in [0, 0.05) is 11.4 Å². The third kappa shape index (κ3) is 4.04. The minimum Gasteiger partial charge on any atom is -0.495 e. The second-order valence-electron chi connectivity index (χ2n) is 5.32. The zero-order valence-electron chi connectivity index (χ0n) is 13.2. The number of nitrogens with zero attached hydrogens (tertiary/aromatic N) is 1. The zero-order chi connectivity index (χ0) is 16.9. The van der Waals surface area contributed by atoms with E-state index in [9.17, 15) is 4.79 Å². The summed E-state index contributed by atoms with van der Waals surface area (Å²) in [7, 11) is 1.56. The van der Waals surface area contributed by atoms with Gasteiger partial charge < -0.3 is 10.1 Å². The summed E-state index contributed by atoms with van der Waals surface area (Å²) >= 11 is 7.65. The highest BCUT2D eigenvalue weighted by molar-refractivity contribution is 7.18. The van der Waals surface area contributed by atoms with Gasteiger partial charge in [0.2, 0.25) is 5.91 Å². The quantitative estimate of drug-likeness (QED) is 0.678. The number of hydrogen-bond donors (Lipinski definition) is 1. The normalized spacial score (nSPS) is 10.8. The largest absolute Gasteiger partial charge is 0.495 e. The van der Waals surface area contributed by atoms with Gasteiger partial charge >= 0.3 is 0 Å². The Bertz CT molecular complexity index is 830. The number of anilines is 1. The molecule has 2 aromatic carbocycles. The first-order valence-corrected chi connectivity index (χ1v) is 8.83. The number of carbonyl (C=O) groups excluding carboxylic acids is 1. The zero-order valence-corrected chi connectivity index (χ0v) is 14.8. The van der Waals surface area contributed by atoms with Crippen LogP contribution in [0.5, 0.6) is 5.75 Å². The monoisotopic (exact) mass is 360 g/mol. The highest BCUT2D eigenvalue weighted by atomic mass is 35.5. The molecule has 124 valence electrons. The predicted molar refractivity (Wildman–Crippen MR) is 99.2 cm³/mol. The Balaban J connectivity index is 1.55. The number of rotatable bonds is 6. The first-order valence-electron chi connectivity index (χ1n) is 7.63. The van der Waals surface area contributed by atoms with Gasteiger partial charge in [0.1, 0.15) is 5.75 Å². The minimum atomic E-state index is -0.0586. The molecule has 0 atom stereocenters. The molecule has 4 nitrogen and oxygen atoms in total. The molecule has 0 radical (unpaired) electrons. The van der Waals surface area contributed by atoms with Crippen LogP contribution in [0.4, 0.5) is 5.69 Å². The summed E-state index contributed by atoms with van der Waals surface area (Å²) in [5, 5.41) is 4.47. The van der Waals surface area contributed by atoms with E-state index in [-0.39, 0.29) is 5.91 Å². The molecule has 1 heterocycles. The van der Waals surface area contributed by atoms with Crippen molar-refractivity contribution in [1.29, 1.82) is 0 Å². The molecule has 0 aliphatic heterocycles. The molecule has 0 bridgehead atoms. The van der Waals surface area contributed by atoms with Crippen molar-refractivity contribution in [3.63, 3.8) is 0 Å². The standard InChI is InChI=1S/C18H17ClN2O2S/c1-23-15-10-9-12(19)11-14(15)20-17(22)7-4-8-18-21-13-5-2-3-6-16(13)24-18/h2-3,5-6,9-11H,4,7-8H2,1H3,(H,20,22). The highest BCUT2D eigenvalue weighted by Crippen LogP contribution is 2.28. The lowest BCUT2D eigenvalue weighted by Gasteiger charge is -2.10. The lowest BCUT2D eigenvalue weighted by Crippen LogP contribution is -2.12. The molecule has 0 aliphatic rings. The first kappa shape index (κ1) is 16.7. The summed E-state index contributed by atoms with van der Waals surface area (Å²) in [5.41, 5.74) is 1.61. The van der Waals surface area contributed by atoms with Crippen molar-refractivity contribution in [3.05, 3.63) is 52.5 Å². The van der Waals surface area contributed by atoms with Crippen LogP contribution in [0.3, 0.4) is 0 Å². The van der Waals surface area contributed by atoms with Gasteiger partial charge in [0.05, 0.1) is 28.0 Å². The van der Waals surface area contributed by atoms with Crippen LogP contribution in [-0.2, 0) is 11.2 Å². The summed E-state index contributed by atoms with van der Waals surface area (Å²) in [6.07, 6.45) is 1.96. The summed E-state index contributed by atoms with van der Waals surface area (Å²) in [5.74, 6) is 0.538. The molecular weight excluding hydrogens is 344 g/mol. The molecule has 3 aromatic rings. The molecule has 0 fully saturated rings. The topological polar surface area (TPSA) is 51.2 Å². The van der Waals surface area contributed by atoms with E-state index in [0.717, 1.165) is 23.4 Å². The third-order valence-corrected chi connectivity index (χ3v) is 4.90. The Kier molecular flexibility index (Phi) is 5.33. The summed E-state index contributed by atoms with van der Waals surface area (Å²) in [6, 6.07) is 13.2. The van der Waals surface area contributed by atoms with Crippen molar-refractivity contribution in [3.8, 4) is 5.75 Å². The fraction of sp³-hybridized carbons (Fsp3) is 0.222. The number of hydrogen-bond acceptors (Lipinski definition) is 4. The van der Waals surface area contributed by atoms with Crippen LogP contribution in [0.15, 0.2) is 42.5 Å². The molecule has 1 aromatic heterocycles. The van der Waals surface area contributed by atoms with Gasteiger partial charge in [-0.25, -0.2) is 4.98 Å². The van der Waals surface area contributed by atoms with Gasteiger partial charge in [-0.1, -0.05) is 23.7 Å². The van der Waals surface area contributed by atoms with E-state index in [0.29, 0.717) is 22.9 Å². The van der Waals surface area contributed by atoms with Crippen molar-refractivity contribution in [2.45, 2.75) is 19.3 Å². The lowest BCUT2D eigenvalue weighted by molar-refractivity contribution is -0.116. The number of para-hydroxylation sites is 1. The Morgan fingerprint density at radius 3 is 2.92 bits per heavy atom. The second-order valence-corrected chi connectivity index (χ2v) is 6.87. The fourth-order valence-electron chi connectivity index (χ4n) is 2.42. The van der Waals surface area contributed by atoms with Gasteiger partial charge in [-0.3, -0.25) is 4.79 Å². The maximum atomic E-state index is 12.1. The van der Waals surface area contributed by atoms with Crippen molar-refractivity contribution in [1.82, 2.24) is 4.98 Å². The van der Waals surface area contributed by atoms with Crippen molar-refractivity contribution < 1.29 is 9.53 Å². The number of thiazole rings is 1. The number of ether oxygens (including phenoxy) is 1. The number of amides is 1. The molecule has 0 saturated heterocycles. The SMILES string of the molecule is COc1ccc(Cl)cc1NC(=O)CCCc1nc2ccccc2s1. The van der Waals surface area contributed by atoms with Crippen LogP contribution >= 0.6 is 22.9 Å². The van der Waals surface area contributed by atoms with Crippen LogP contribution in [0, 0.1) is 0 Å². The number of carbonyl (C=O) groups is 1. The van der Waals surface area contributed by atoms with E-state index in [4.69, 9.17) is 16.3 Å². The number of halogens is 1. The van der Waals surface area contributed by atoms with Crippen LogP contribution in [0.2, 0.25) is 5.02 Å². The van der Waals surface area contributed by atoms with Gasteiger partial charge in [-0.05, 0) is 43.2 Å². The minimum absolute atomic E-state index is 0.0586. The molecule has 1 amide bonds. The fourth-order valence-corrected chi connectivity index (χ4v) is 3.60. The summed E-state index contributed by atoms with van der Waals surface area (Å²) in [4.78, 5) is 16.7. The van der Waals surface area contributed by atoms with Gasteiger partial charge in [-0.2, -0.15) is 0 Å². The van der Waals surface area contributed by atoms with Crippen LogP contribution < -0.4 is 10.1 Å². The average molecular weight is 361 g/mol. The Morgan fingerprint density at radius 1 is 1.29 bits per heavy atom. The Hall–Kier alpha value is -2.11. The van der Waals surface area contributed by atoms with E-state index < -0.39 is 0 Å². The maximum absolute atomic E-state index is 12.1. The molecule has 0 spiro atoms. The van der Waals surface area contributed by atoms with Crippen LogP contribution in [-0.4, -0.2) is 18.0 Å². The molecule has 0 unspecified atom stereocenters. The molecular formula is C18H17ClN2O2S. The Labute approximate surface area is 149 Å². The molecule has 3 rings (SSSR count). The van der Waals surface area contributed by atoms with Crippen LogP contribution in [0.1, 0.15) is 17.8 Å². The van der Waals surface area contributed by atoms with Crippen LogP contribution in [0.25, 0.3) is 10.2 Å². The maximum Gasteiger partial charge on any atom is 0.224 e. The van der Waals surface area contributed by atoms with Gasteiger partial charge in [0.15, 0.2) is 0 Å².